The van der Waals surface area contributed by atoms with Crippen molar-refractivity contribution in [2.75, 3.05) is 31.6 Å². The lowest BCUT2D eigenvalue weighted by Gasteiger charge is -2.40. The Balaban J connectivity index is 1.49. The van der Waals surface area contributed by atoms with Crippen molar-refractivity contribution in [3.8, 4) is 5.69 Å². The minimum absolute atomic E-state index is 0.278. The van der Waals surface area contributed by atoms with Gasteiger partial charge in [0.25, 0.3) is 0 Å². The fourth-order valence-corrected chi connectivity index (χ4v) is 6.39. The van der Waals surface area contributed by atoms with Gasteiger partial charge in [-0.15, -0.1) is 0 Å². The van der Waals surface area contributed by atoms with Crippen LogP contribution < -0.4 is 4.90 Å². The summed E-state index contributed by atoms with van der Waals surface area (Å²) in [6.07, 6.45) is 5.69. The van der Waals surface area contributed by atoms with Crippen molar-refractivity contribution in [2.24, 2.45) is 5.92 Å². The zero-order valence-corrected chi connectivity index (χ0v) is 21.3. The molecular weight excluding hydrogens is 457 g/mol. The Morgan fingerprint density at radius 3 is 2.56 bits per heavy atom. The first-order chi connectivity index (χ1) is 17.4. The predicted octanol–water partition coefficient (Wildman–Crippen LogP) is 4.92. The molecule has 0 radical (unpaired) electrons. The molecule has 1 aliphatic carbocycles. The second-order valence-corrected chi connectivity index (χ2v) is 10.8. The fourth-order valence-electron chi connectivity index (χ4n) is 6.39. The molecule has 190 valence electrons. The number of carbonyl (C=O) groups excluding carboxylic acids is 1. The zero-order valence-electron chi connectivity index (χ0n) is 21.3. The fraction of sp³-hybridized carbons (Fsp3) is 0.536. The van der Waals surface area contributed by atoms with E-state index in [0.717, 1.165) is 61.4 Å². The maximum Gasteiger partial charge on any atom is 0.356 e. The van der Waals surface area contributed by atoms with Crippen molar-refractivity contribution < 1.29 is 13.9 Å². The van der Waals surface area contributed by atoms with E-state index in [0.29, 0.717) is 29.6 Å². The van der Waals surface area contributed by atoms with E-state index in [4.69, 9.17) is 14.8 Å². The van der Waals surface area contributed by atoms with Gasteiger partial charge in [0, 0.05) is 31.1 Å². The second-order valence-electron chi connectivity index (χ2n) is 10.8. The van der Waals surface area contributed by atoms with E-state index in [1.165, 1.54) is 32.1 Å². The number of hydrogen-bond acceptors (Lipinski definition) is 6. The normalized spacial score (nSPS) is 22.8. The summed E-state index contributed by atoms with van der Waals surface area (Å²) in [7, 11) is 1.38. The Kier molecular flexibility index (Phi) is 5.94. The van der Waals surface area contributed by atoms with Crippen LogP contribution in [0, 0.1) is 11.7 Å². The summed E-state index contributed by atoms with van der Waals surface area (Å²) in [5.74, 6) is 0.217. The number of ether oxygens (including phenoxy) is 1. The quantitative estimate of drug-likeness (QED) is 0.472. The predicted molar refractivity (Wildman–Crippen MR) is 137 cm³/mol. The van der Waals surface area contributed by atoms with Gasteiger partial charge in [0.05, 0.1) is 29.6 Å². The summed E-state index contributed by atoms with van der Waals surface area (Å²) in [4.78, 5) is 22.6. The number of carbonyl (C=O) groups is 1. The van der Waals surface area contributed by atoms with Crippen molar-refractivity contribution in [3.63, 3.8) is 0 Å². The third kappa shape index (κ3) is 3.86. The average Bonchev–Trinajstić information content (AvgIpc) is 3.44. The van der Waals surface area contributed by atoms with Crippen LogP contribution in [0.5, 0.6) is 0 Å². The number of esters is 1. The van der Waals surface area contributed by atoms with Crippen LogP contribution in [0.1, 0.15) is 68.1 Å². The lowest BCUT2D eigenvalue weighted by atomic mass is 9.81. The molecule has 2 saturated heterocycles. The molecule has 3 aromatic rings. The first-order valence-corrected chi connectivity index (χ1v) is 13.2. The molecule has 2 unspecified atom stereocenters. The highest BCUT2D eigenvalue weighted by Crippen LogP contribution is 2.44. The summed E-state index contributed by atoms with van der Waals surface area (Å²) < 4.78 is 20.6. The summed E-state index contributed by atoms with van der Waals surface area (Å²) in [6.45, 7) is 7.61. The summed E-state index contributed by atoms with van der Waals surface area (Å²) in [6, 6.07) is 9.37. The van der Waals surface area contributed by atoms with Gasteiger partial charge >= 0.3 is 5.97 Å². The number of benzene rings is 1. The van der Waals surface area contributed by atoms with Gasteiger partial charge in [0.2, 0.25) is 0 Å². The van der Waals surface area contributed by atoms with E-state index in [-0.39, 0.29) is 11.5 Å². The number of nitrogens with zero attached hydrogens (tertiary/aromatic N) is 5. The number of hydrogen-bond donors (Lipinski definition) is 0. The van der Waals surface area contributed by atoms with E-state index < -0.39 is 5.97 Å². The van der Waals surface area contributed by atoms with Gasteiger partial charge in [-0.2, -0.15) is 5.10 Å². The molecule has 0 spiro atoms. The van der Waals surface area contributed by atoms with E-state index >= 15 is 0 Å². The molecular formula is C28H34FN5O2. The SMILES string of the molecule is COC(=O)c1cc(N2CCC3C(CCN3C(C)C)C2)c2c(C3CCC3)nn(-c3ccc(F)cc3)c2n1. The number of anilines is 1. The Hall–Kier alpha value is -3.00. The van der Waals surface area contributed by atoms with Crippen molar-refractivity contribution in [1.29, 1.82) is 0 Å². The minimum atomic E-state index is -0.461. The maximum absolute atomic E-state index is 13.7. The Morgan fingerprint density at radius 2 is 1.89 bits per heavy atom. The number of halogens is 1. The number of piperidine rings is 1. The van der Waals surface area contributed by atoms with E-state index in [9.17, 15) is 9.18 Å². The standard InChI is InChI=1S/C28H34FN5O2/c1-17(2)33-14-11-19-16-32(13-12-23(19)33)24-15-22(28(35)36-3)30-27-25(24)26(18-5-4-6-18)31-34(27)21-9-7-20(29)8-10-21/h7-10,15,17-19,23H,4-6,11-14,16H2,1-3H3. The molecule has 36 heavy (non-hydrogen) atoms. The lowest BCUT2D eigenvalue weighted by Crippen LogP contribution is -2.47. The monoisotopic (exact) mass is 491 g/mol. The van der Waals surface area contributed by atoms with Gasteiger partial charge in [-0.05, 0) is 82.3 Å². The van der Waals surface area contributed by atoms with Gasteiger partial charge in [0.15, 0.2) is 11.3 Å². The van der Waals surface area contributed by atoms with Crippen molar-refractivity contribution in [3.05, 3.63) is 47.5 Å². The topological polar surface area (TPSA) is 63.5 Å². The first kappa shape index (κ1) is 23.4. The number of pyridine rings is 1. The van der Waals surface area contributed by atoms with Gasteiger partial charge < -0.3 is 9.64 Å². The minimum Gasteiger partial charge on any atom is -0.464 e. The third-order valence-corrected chi connectivity index (χ3v) is 8.48. The summed E-state index contributed by atoms with van der Waals surface area (Å²) in [5, 5.41) is 6.06. The molecule has 8 heteroatoms. The van der Waals surface area contributed by atoms with Crippen LogP contribution in [-0.4, -0.2) is 64.5 Å². The molecule has 2 aliphatic heterocycles. The molecule has 0 bridgehead atoms. The van der Waals surface area contributed by atoms with Gasteiger partial charge in [-0.25, -0.2) is 18.9 Å². The molecule has 4 heterocycles. The third-order valence-electron chi connectivity index (χ3n) is 8.48. The maximum atomic E-state index is 13.7. The van der Waals surface area contributed by atoms with E-state index in [1.807, 2.05) is 6.07 Å². The molecule has 1 aromatic carbocycles. The van der Waals surface area contributed by atoms with Gasteiger partial charge in [0.1, 0.15) is 5.82 Å². The van der Waals surface area contributed by atoms with Crippen LogP contribution in [0.15, 0.2) is 30.3 Å². The van der Waals surface area contributed by atoms with Crippen LogP contribution >= 0.6 is 0 Å². The molecule has 3 aliphatic rings. The van der Waals surface area contributed by atoms with Crippen molar-refractivity contribution >= 4 is 22.7 Å². The largest absolute Gasteiger partial charge is 0.464 e. The average molecular weight is 492 g/mol. The Bertz CT molecular complexity index is 1280. The first-order valence-electron chi connectivity index (χ1n) is 13.2. The van der Waals surface area contributed by atoms with Crippen molar-refractivity contribution in [1.82, 2.24) is 19.7 Å². The zero-order chi connectivity index (χ0) is 25.0. The molecule has 2 atom stereocenters. The molecule has 7 nitrogen and oxygen atoms in total. The van der Waals surface area contributed by atoms with Crippen LogP contribution in [0.4, 0.5) is 10.1 Å². The van der Waals surface area contributed by atoms with Crippen LogP contribution in [0.25, 0.3) is 16.7 Å². The highest BCUT2D eigenvalue weighted by molar-refractivity contribution is 5.99. The van der Waals surface area contributed by atoms with Crippen LogP contribution in [0.3, 0.4) is 0 Å². The highest BCUT2D eigenvalue weighted by Gasteiger charge is 2.40. The molecule has 2 aromatic heterocycles. The number of fused-ring (bicyclic) bond motifs is 2. The lowest BCUT2D eigenvalue weighted by molar-refractivity contribution is 0.0594. The summed E-state index contributed by atoms with van der Waals surface area (Å²) >= 11 is 0. The van der Waals surface area contributed by atoms with E-state index in [2.05, 4.69) is 23.6 Å². The second kappa shape index (κ2) is 9.14. The van der Waals surface area contributed by atoms with Gasteiger partial charge in [-0.1, -0.05) is 6.42 Å². The number of methoxy groups -OCH3 is 1. The molecule has 1 saturated carbocycles. The van der Waals surface area contributed by atoms with Crippen LogP contribution in [0.2, 0.25) is 0 Å². The Labute approximate surface area is 211 Å². The molecule has 6 rings (SSSR count). The smallest absolute Gasteiger partial charge is 0.356 e. The molecule has 0 N–H and O–H groups in total. The molecule has 0 amide bonds. The molecule has 3 fully saturated rings. The Morgan fingerprint density at radius 1 is 1.11 bits per heavy atom. The number of likely N-dealkylation sites (tertiary alicyclic amines) is 1. The van der Waals surface area contributed by atoms with Gasteiger partial charge in [-0.3, -0.25) is 4.90 Å². The van der Waals surface area contributed by atoms with E-state index in [1.54, 1.807) is 16.8 Å². The van der Waals surface area contributed by atoms with Crippen LogP contribution in [-0.2, 0) is 4.74 Å². The highest BCUT2D eigenvalue weighted by atomic mass is 19.1. The summed E-state index contributed by atoms with van der Waals surface area (Å²) in [5.41, 5.74) is 3.71. The number of rotatable bonds is 5. The van der Waals surface area contributed by atoms with Crippen molar-refractivity contribution in [2.45, 2.75) is 64.0 Å². The number of aromatic nitrogens is 3.